The molecule has 0 aromatic heterocycles. The SMILES string of the molecule is CC(O)=C1CC2CCC1C2. The van der Waals surface area contributed by atoms with E-state index < -0.39 is 0 Å². The van der Waals surface area contributed by atoms with Gasteiger partial charge in [0.15, 0.2) is 0 Å². The van der Waals surface area contributed by atoms with Gasteiger partial charge in [0, 0.05) is 0 Å². The van der Waals surface area contributed by atoms with Crippen LogP contribution in [0, 0.1) is 11.8 Å². The molecular formula is C9H14O. The number of aliphatic hydroxyl groups is 1. The largest absolute Gasteiger partial charge is 0.513 e. The Balaban J connectivity index is 2.23. The maximum atomic E-state index is 9.25. The number of hydrogen-bond donors (Lipinski definition) is 1. The van der Waals surface area contributed by atoms with E-state index in [1.165, 1.54) is 31.3 Å². The number of rotatable bonds is 0. The summed E-state index contributed by atoms with van der Waals surface area (Å²) in [7, 11) is 0. The van der Waals surface area contributed by atoms with Crippen molar-refractivity contribution in [2.45, 2.75) is 32.6 Å². The lowest BCUT2D eigenvalue weighted by molar-refractivity contribution is 0.390. The highest BCUT2D eigenvalue weighted by molar-refractivity contribution is 5.18. The molecule has 1 nitrogen and oxygen atoms in total. The summed E-state index contributed by atoms with van der Waals surface area (Å²) in [6.07, 6.45) is 5.28. The van der Waals surface area contributed by atoms with Gasteiger partial charge in [0.25, 0.3) is 0 Å². The highest BCUT2D eigenvalue weighted by Crippen LogP contribution is 2.48. The number of allylic oxidation sites excluding steroid dienone is 2. The minimum Gasteiger partial charge on any atom is -0.513 e. The number of aliphatic hydroxyl groups excluding tert-OH is 1. The Hall–Kier alpha value is -0.460. The summed E-state index contributed by atoms with van der Waals surface area (Å²) < 4.78 is 0. The van der Waals surface area contributed by atoms with Crippen LogP contribution >= 0.6 is 0 Å². The third-order valence-electron chi connectivity index (χ3n) is 3.01. The summed E-state index contributed by atoms with van der Waals surface area (Å²) in [4.78, 5) is 0. The fourth-order valence-electron chi connectivity index (χ4n) is 2.50. The fraction of sp³-hybridized carbons (Fsp3) is 0.778. The Morgan fingerprint density at radius 2 is 2.30 bits per heavy atom. The number of fused-ring (bicyclic) bond motifs is 2. The summed E-state index contributed by atoms with van der Waals surface area (Å²) >= 11 is 0. The van der Waals surface area contributed by atoms with Crippen LogP contribution in [-0.2, 0) is 0 Å². The predicted molar refractivity (Wildman–Crippen MR) is 40.8 cm³/mol. The highest BCUT2D eigenvalue weighted by atomic mass is 16.3. The van der Waals surface area contributed by atoms with Gasteiger partial charge >= 0.3 is 0 Å². The van der Waals surface area contributed by atoms with Crippen LogP contribution in [0.5, 0.6) is 0 Å². The van der Waals surface area contributed by atoms with E-state index in [0.29, 0.717) is 5.76 Å². The van der Waals surface area contributed by atoms with E-state index in [1.807, 2.05) is 6.92 Å². The Morgan fingerprint density at radius 1 is 1.50 bits per heavy atom. The summed E-state index contributed by atoms with van der Waals surface area (Å²) in [5.74, 6) is 2.28. The van der Waals surface area contributed by atoms with Crippen molar-refractivity contribution in [1.29, 1.82) is 0 Å². The zero-order valence-corrected chi connectivity index (χ0v) is 6.43. The third-order valence-corrected chi connectivity index (χ3v) is 3.01. The van der Waals surface area contributed by atoms with Crippen LogP contribution in [0.2, 0.25) is 0 Å². The van der Waals surface area contributed by atoms with Crippen LogP contribution in [0.15, 0.2) is 11.3 Å². The maximum absolute atomic E-state index is 9.25. The summed E-state index contributed by atoms with van der Waals surface area (Å²) in [6, 6.07) is 0. The molecule has 2 aliphatic rings. The van der Waals surface area contributed by atoms with Gasteiger partial charge in [-0.25, -0.2) is 0 Å². The zero-order valence-electron chi connectivity index (χ0n) is 6.43. The van der Waals surface area contributed by atoms with Crippen LogP contribution in [-0.4, -0.2) is 5.11 Å². The topological polar surface area (TPSA) is 20.2 Å². The third kappa shape index (κ3) is 0.764. The van der Waals surface area contributed by atoms with Crippen LogP contribution < -0.4 is 0 Å². The molecule has 2 atom stereocenters. The van der Waals surface area contributed by atoms with Crippen molar-refractivity contribution >= 4 is 0 Å². The molecule has 0 radical (unpaired) electrons. The molecule has 1 heteroatoms. The molecule has 0 amide bonds. The van der Waals surface area contributed by atoms with Gasteiger partial charge in [-0.3, -0.25) is 0 Å². The van der Waals surface area contributed by atoms with Crippen molar-refractivity contribution < 1.29 is 5.11 Å². The smallest absolute Gasteiger partial charge is 0.0886 e. The first kappa shape index (κ1) is 6.26. The Kier molecular flexibility index (Phi) is 1.26. The van der Waals surface area contributed by atoms with Crippen LogP contribution in [0.1, 0.15) is 32.6 Å². The monoisotopic (exact) mass is 138 g/mol. The molecule has 2 fully saturated rings. The van der Waals surface area contributed by atoms with E-state index in [4.69, 9.17) is 0 Å². The van der Waals surface area contributed by atoms with Crippen molar-refractivity contribution in [2.24, 2.45) is 11.8 Å². The van der Waals surface area contributed by atoms with Gasteiger partial charge < -0.3 is 5.11 Å². The second-order valence-electron chi connectivity index (χ2n) is 3.69. The van der Waals surface area contributed by atoms with Crippen molar-refractivity contribution in [2.75, 3.05) is 0 Å². The molecule has 2 saturated carbocycles. The Bertz CT molecular complexity index is 177. The van der Waals surface area contributed by atoms with Gasteiger partial charge in [-0.2, -0.15) is 0 Å². The van der Waals surface area contributed by atoms with Gasteiger partial charge in [-0.1, -0.05) is 0 Å². The lowest BCUT2D eigenvalue weighted by atomic mass is 9.94. The summed E-state index contributed by atoms with van der Waals surface area (Å²) in [5, 5.41) is 9.25. The molecule has 2 unspecified atom stereocenters. The molecule has 0 aromatic carbocycles. The first-order valence-electron chi connectivity index (χ1n) is 4.16. The highest BCUT2D eigenvalue weighted by Gasteiger charge is 2.36. The quantitative estimate of drug-likeness (QED) is 0.510. The van der Waals surface area contributed by atoms with E-state index in [-0.39, 0.29) is 0 Å². The Morgan fingerprint density at radius 3 is 2.60 bits per heavy atom. The van der Waals surface area contributed by atoms with Gasteiger partial charge in [0.05, 0.1) is 5.76 Å². The lowest BCUT2D eigenvalue weighted by Crippen LogP contribution is -2.00. The summed E-state index contributed by atoms with van der Waals surface area (Å²) in [6.45, 7) is 1.83. The molecule has 2 rings (SSSR count). The molecule has 1 N–H and O–H groups in total. The molecule has 0 saturated heterocycles. The van der Waals surface area contributed by atoms with Gasteiger partial charge in [0.1, 0.15) is 0 Å². The predicted octanol–water partition coefficient (Wildman–Crippen LogP) is 2.64. The number of hydrogen-bond acceptors (Lipinski definition) is 1. The van der Waals surface area contributed by atoms with Gasteiger partial charge in [-0.05, 0) is 50.0 Å². The van der Waals surface area contributed by atoms with E-state index in [0.717, 1.165) is 11.8 Å². The minimum absolute atomic E-state index is 0.604. The maximum Gasteiger partial charge on any atom is 0.0886 e. The summed E-state index contributed by atoms with van der Waals surface area (Å²) in [5.41, 5.74) is 1.36. The molecule has 0 spiro atoms. The van der Waals surface area contributed by atoms with Crippen LogP contribution in [0.3, 0.4) is 0 Å². The van der Waals surface area contributed by atoms with Crippen molar-refractivity contribution in [1.82, 2.24) is 0 Å². The molecule has 2 aliphatic carbocycles. The second kappa shape index (κ2) is 2.01. The molecule has 56 valence electrons. The van der Waals surface area contributed by atoms with Crippen molar-refractivity contribution in [3.05, 3.63) is 11.3 Å². The van der Waals surface area contributed by atoms with E-state index in [2.05, 4.69) is 0 Å². The zero-order chi connectivity index (χ0) is 7.14. The van der Waals surface area contributed by atoms with Crippen molar-refractivity contribution in [3.63, 3.8) is 0 Å². The average molecular weight is 138 g/mol. The Labute approximate surface area is 61.8 Å². The molecule has 0 aromatic rings. The standard InChI is InChI=1S/C9H14O/c1-6(10)9-5-7-2-3-8(9)4-7/h7-8,10H,2-5H2,1H3. The van der Waals surface area contributed by atoms with Crippen LogP contribution in [0.4, 0.5) is 0 Å². The fourth-order valence-corrected chi connectivity index (χ4v) is 2.50. The van der Waals surface area contributed by atoms with E-state index in [9.17, 15) is 5.11 Å². The minimum atomic E-state index is 0.604. The van der Waals surface area contributed by atoms with Crippen LogP contribution in [0.25, 0.3) is 0 Å². The second-order valence-corrected chi connectivity index (χ2v) is 3.69. The lowest BCUT2D eigenvalue weighted by Gasteiger charge is -2.13. The first-order valence-corrected chi connectivity index (χ1v) is 4.16. The molecule has 0 heterocycles. The first-order chi connectivity index (χ1) is 4.77. The van der Waals surface area contributed by atoms with E-state index >= 15 is 0 Å². The molecule has 0 aliphatic heterocycles. The van der Waals surface area contributed by atoms with Gasteiger partial charge in [-0.15, -0.1) is 0 Å². The van der Waals surface area contributed by atoms with E-state index in [1.54, 1.807) is 0 Å². The molecule has 10 heavy (non-hydrogen) atoms. The molecule has 2 bridgehead atoms. The van der Waals surface area contributed by atoms with Gasteiger partial charge in [0.2, 0.25) is 0 Å². The molecular weight excluding hydrogens is 124 g/mol. The average Bonchev–Trinajstić information content (AvgIpc) is 2.44. The normalized spacial score (nSPS) is 42.5. The van der Waals surface area contributed by atoms with Crippen molar-refractivity contribution in [3.8, 4) is 0 Å².